The number of rotatable bonds is 5. The first-order chi connectivity index (χ1) is 14.1. The lowest BCUT2D eigenvalue weighted by atomic mass is 9.95. The van der Waals surface area contributed by atoms with Crippen LogP contribution in [0, 0.1) is 0 Å². The fourth-order valence-electron chi connectivity index (χ4n) is 4.08. The number of nitrogens with zero attached hydrogens (tertiary/aromatic N) is 4. The fraction of sp³-hybridized carbons (Fsp3) is 0.364. The molecule has 0 bridgehead atoms. The molecule has 2 heterocycles. The quantitative estimate of drug-likeness (QED) is 0.529. The zero-order valence-electron chi connectivity index (χ0n) is 16.0. The van der Waals surface area contributed by atoms with E-state index in [1.165, 1.54) is 29.9 Å². The molecule has 2 aromatic carbocycles. The van der Waals surface area contributed by atoms with Crippen molar-refractivity contribution in [3.8, 4) is 11.4 Å². The SMILES string of the molecule is Clc1ccc(-c2nsc(N3CCN(CC4(c5ccc(Cl)cc5)CC4)CC3)n2)cc1. The summed E-state index contributed by atoms with van der Waals surface area (Å²) in [6.07, 6.45) is 2.55. The van der Waals surface area contributed by atoms with Crippen molar-refractivity contribution in [3.63, 3.8) is 0 Å². The summed E-state index contributed by atoms with van der Waals surface area (Å²) in [4.78, 5) is 9.71. The normalized spacial score (nSPS) is 18.8. The van der Waals surface area contributed by atoms with Crippen LogP contribution < -0.4 is 4.90 Å². The minimum Gasteiger partial charge on any atom is -0.344 e. The van der Waals surface area contributed by atoms with Gasteiger partial charge in [0, 0.05) is 65.3 Å². The Labute approximate surface area is 185 Å². The summed E-state index contributed by atoms with van der Waals surface area (Å²) >= 11 is 13.5. The molecule has 1 saturated carbocycles. The van der Waals surface area contributed by atoms with E-state index in [9.17, 15) is 0 Å². The maximum atomic E-state index is 6.06. The van der Waals surface area contributed by atoms with E-state index in [0.29, 0.717) is 5.41 Å². The van der Waals surface area contributed by atoms with E-state index in [4.69, 9.17) is 28.2 Å². The van der Waals surface area contributed by atoms with E-state index in [0.717, 1.165) is 59.3 Å². The maximum absolute atomic E-state index is 6.06. The van der Waals surface area contributed by atoms with Crippen LogP contribution in [0.4, 0.5) is 5.13 Å². The molecule has 1 aromatic heterocycles. The molecular weight excluding hydrogens is 423 g/mol. The van der Waals surface area contributed by atoms with Crippen LogP contribution >= 0.6 is 34.7 Å². The van der Waals surface area contributed by atoms with Crippen LogP contribution in [0.3, 0.4) is 0 Å². The highest BCUT2D eigenvalue weighted by atomic mass is 35.5. The lowest BCUT2D eigenvalue weighted by Crippen LogP contribution is -2.48. The second-order valence-electron chi connectivity index (χ2n) is 7.96. The number of anilines is 1. The van der Waals surface area contributed by atoms with Crippen LogP contribution in [0.2, 0.25) is 10.0 Å². The molecule has 7 heteroatoms. The highest BCUT2D eigenvalue weighted by Crippen LogP contribution is 2.49. The molecule has 0 N–H and O–H groups in total. The van der Waals surface area contributed by atoms with Crippen LogP contribution in [0.1, 0.15) is 18.4 Å². The van der Waals surface area contributed by atoms with E-state index >= 15 is 0 Å². The Morgan fingerprint density at radius 2 is 1.48 bits per heavy atom. The van der Waals surface area contributed by atoms with E-state index in [-0.39, 0.29) is 0 Å². The first-order valence-corrected chi connectivity index (χ1v) is 11.5. The summed E-state index contributed by atoms with van der Waals surface area (Å²) in [6.45, 7) is 5.24. The summed E-state index contributed by atoms with van der Waals surface area (Å²) in [5.74, 6) is 0.781. The zero-order valence-corrected chi connectivity index (χ0v) is 18.3. The van der Waals surface area contributed by atoms with Crippen molar-refractivity contribution < 1.29 is 0 Å². The predicted octanol–water partition coefficient (Wildman–Crippen LogP) is 5.37. The molecule has 2 aliphatic rings. The zero-order chi connectivity index (χ0) is 19.8. The lowest BCUT2D eigenvalue weighted by molar-refractivity contribution is 0.235. The molecule has 29 heavy (non-hydrogen) atoms. The number of aromatic nitrogens is 2. The molecular formula is C22H22Cl2N4S. The predicted molar refractivity (Wildman–Crippen MR) is 121 cm³/mol. The molecule has 3 aromatic rings. The number of halogens is 2. The standard InChI is InChI=1S/C22H22Cl2N4S/c23-18-5-1-16(2-6-18)20-25-21(29-26-20)28-13-11-27(12-14-28)15-22(9-10-22)17-3-7-19(24)8-4-17/h1-8H,9-15H2. The molecule has 1 saturated heterocycles. The third kappa shape index (κ3) is 4.15. The molecule has 150 valence electrons. The fourth-order valence-corrected chi connectivity index (χ4v) is 5.07. The van der Waals surface area contributed by atoms with Gasteiger partial charge in [-0.05, 0) is 54.8 Å². The molecule has 0 radical (unpaired) electrons. The minimum absolute atomic E-state index is 0.331. The Balaban J connectivity index is 1.20. The van der Waals surface area contributed by atoms with Gasteiger partial charge in [0.2, 0.25) is 5.13 Å². The molecule has 0 spiro atoms. The number of hydrogen-bond donors (Lipinski definition) is 0. The van der Waals surface area contributed by atoms with E-state index in [1.807, 2.05) is 36.4 Å². The third-order valence-corrected chi connectivity index (χ3v) is 7.28. The van der Waals surface area contributed by atoms with Crippen LogP contribution in [0.5, 0.6) is 0 Å². The molecule has 1 aliphatic heterocycles. The Kier molecular flexibility index (Phi) is 5.25. The second kappa shape index (κ2) is 7.88. The molecule has 5 rings (SSSR count). The van der Waals surface area contributed by atoms with Crippen molar-refractivity contribution in [1.29, 1.82) is 0 Å². The van der Waals surface area contributed by atoms with Crippen LogP contribution in [-0.2, 0) is 5.41 Å². The van der Waals surface area contributed by atoms with Crippen molar-refractivity contribution in [2.24, 2.45) is 0 Å². The van der Waals surface area contributed by atoms with E-state index < -0.39 is 0 Å². The van der Waals surface area contributed by atoms with Crippen molar-refractivity contribution >= 4 is 39.9 Å². The smallest absolute Gasteiger partial charge is 0.205 e. The molecule has 4 nitrogen and oxygen atoms in total. The summed E-state index contributed by atoms with van der Waals surface area (Å²) < 4.78 is 4.55. The van der Waals surface area contributed by atoms with Gasteiger partial charge < -0.3 is 4.90 Å². The first kappa shape index (κ1) is 19.3. The third-order valence-electron chi connectivity index (χ3n) is 6.00. The molecule has 1 aliphatic carbocycles. The maximum Gasteiger partial charge on any atom is 0.205 e. The minimum atomic E-state index is 0.331. The van der Waals surface area contributed by atoms with Crippen molar-refractivity contribution in [3.05, 3.63) is 64.1 Å². The second-order valence-corrected chi connectivity index (χ2v) is 9.56. The van der Waals surface area contributed by atoms with Crippen molar-refractivity contribution in [2.75, 3.05) is 37.6 Å². The van der Waals surface area contributed by atoms with Crippen molar-refractivity contribution in [2.45, 2.75) is 18.3 Å². The first-order valence-electron chi connectivity index (χ1n) is 9.94. The van der Waals surface area contributed by atoms with E-state index in [1.54, 1.807) is 0 Å². The Morgan fingerprint density at radius 3 is 2.10 bits per heavy atom. The van der Waals surface area contributed by atoms with Gasteiger partial charge in [0.05, 0.1) is 0 Å². The molecule has 0 atom stereocenters. The highest BCUT2D eigenvalue weighted by molar-refractivity contribution is 7.09. The average Bonchev–Trinajstić information content (AvgIpc) is 3.35. The van der Waals surface area contributed by atoms with Gasteiger partial charge in [-0.1, -0.05) is 35.3 Å². The van der Waals surface area contributed by atoms with Gasteiger partial charge in [0.15, 0.2) is 5.82 Å². The number of benzene rings is 2. The Bertz CT molecular complexity index is 975. The summed E-state index contributed by atoms with van der Waals surface area (Å²) in [5.41, 5.74) is 2.77. The topological polar surface area (TPSA) is 32.3 Å². The van der Waals surface area contributed by atoms with Crippen LogP contribution in [-0.4, -0.2) is 47.0 Å². The Hall–Kier alpha value is -1.66. The highest BCUT2D eigenvalue weighted by Gasteiger charge is 2.45. The molecule has 2 fully saturated rings. The van der Waals surface area contributed by atoms with Gasteiger partial charge in [-0.15, -0.1) is 0 Å². The van der Waals surface area contributed by atoms with Crippen LogP contribution in [0.15, 0.2) is 48.5 Å². The monoisotopic (exact) mass is 444 g/mol. The van der Waals surface area contributed by atoms with Gasteiger partial charge in [-0.2, -0.15) is 9.36 Å². The van der Waals surface area contributed by atoms with Gasteiger partial charge in [-0.3, -0.25) is 4.90 Å². The van der Waals surface area contributed by atoms with Gasteiger partial charge >= 0.3 is 0 Å². The van der Waals surface area contributed by atoms with Gasteiger partial charge in [0.1, 0.15) is 0 Å². The van der Waals surface area contributed by atoms with E-state index in [2.05, 4.69) is 26.3 Å². The van der Waals surface area contributed by atoms with Gasteiger partial charge in [0.25, 0.3) is 0 Å². The summed E-state index contributed by atoms with van der Waals surface area (Å²) in [5, 5.41) is 2.55. The van der Waals surface area contributed by atoms with Crippen molar-refractivity contribution in [1.82, 2.24) is 14.3 Å². The number of piperazine rings is 1. The summed E-state index contributed by atoms with van der Waals surface area (Å²) in [6, 6.07) is 16.1. The summed E-state index contributed by atoms with van der Waals surface area (Å²) in [7, 11) is 0. The van der Waals surface area contributed by atoms with Gasteiger partial charge in [-0.25, -0.2) is 0 Å². The number of hydrogen-bond acceptors (Lipinski definition) is 5. The average molecular weight is 445 g/mol. The Morgan fingerprint density at radius 1 is 0.862 bits per heavy atom. The van der Waals surface area contributed by atoms with Crippen LogP contribution in [0.25, 0.3) is 11.4 Å². The molecule has 0 unspecified atom stereocenters. The molecule has 0 amide bonds. The lowest BCUT2D eigenvalue weighted by Gasteiger charge is -2.36. The largest absolute Gasteiger partial charge is 0.344 e.